The first-order valence-corrected chi connectivity index (χ1v) is 6.13. The van der Waals surface area contributed by atoms with Gasteiger partial charge in [-0.1, -0.05) is 0 Å². The van der Waals surface area contributed by atoms with E-state index in [-0.39, 0.29) is 25.6 Å². The number of likely N-dealkylation sites (tertiary alicyclic amines) is 2. The van der Waals surface area contributed by atoms with Gasteiger partial charge in [0.1, 0.15) is 6.04 Å². The van der Waals surface area contributed by atoms with Gasteiger partial charge in [-0.05, 0) is 12.8 Å². The Morgan fingerprint density at radius 3 is 2.61 bits per heavy atom. The summed E-state index contributed by atoms with van der Waals surface area (Å²) in [5.74, 6) is -1.10. The fourth-order valence-electron chi connectivity index (χ4n) is 2.70. The van der Waals surface area contributed by atoms with Crippen LogP contribution in [0.2, 0.25) is 0 Å². The molecule has 2 aliphatic rings. The fourth-order valence-corrected chi connectivity index (χ4v) is 2.70. The lowest BCUT2D eigenvalue weighted by atomic mass is 10.2. The molecule has 7 nitrogen and oxygen atoms in total. The minimum absolute atomic E-state index is 0.0461. The molecular formula is C11H18N2O5. The Morgan fingerprint density at radius 1 is 1.28 bits per heavy atom. The third-order valence-corrected chi connectivity index (χ3v) is 3.64. The van der Waals surface area contributed by atoms with Gasteiger partial charge in [-0.2, -0.15) is 0 Å². The van der Waals surface area contributed by atoms with Crippen molar-refractivity contribution in [3.05, 3.63) is 0 Å². The van der Waals surface area contributed by atoms with Gasteiger partial charge in [-0.25, -0.2) is 9.59 Å². The molecule has 2 amide bonds. The second kappa shape index (κ2) is 5.11. The zero-order valence-corrected chi connectivity index (χ0v) is 10.0. The number of nitrogens with zero attached hydrogens (tertiary/aromatic N) is 2. The van der Waals surface area contributed by atoms with Crippen LogP contribution < -0.4 is 0 Å². The molecule has 2 heterocycles. The third-order valence-electron chi connectivity index (χ3n) is 3.64. The molecule has 2 fully saturated rings. The van der Waals surface area contributed by atoms with Crippen molar-refractivity contribution in [1.29, 1.82) is 0 Å². The van der Waals surface area contributed by atoms with E-state index in [1.54, 1.807) is 0 Å². The Morgan fingerprint density at radius 2 is 2.00 bits per heavy atom. The van der Waals surface area contributed by atoms with Gasteiger partial charge in [-0.15, -0.1) is 0 Å². The van der Waals surface area contributed by atoms with E-state index < -0.39 is 24.1 Å². The Labute approximate surface area is 105 Å². The van der Waals surface area contributed by atoms with Crippen molar-refractivity contribution in [1.82, 2.24) is 9.80 Å². The van der Waals surface area contributed by atoms with Crippen LogP contribution in [0, 0.1) is 0 Å². The molecule has 3 atom stereocenters. The number of hydrogen-bond acceptors (Lipinski definition) is 4. The van der Waals surface area contributed by atoms with E-state index in [2.05, 4.69) is 0 Å². The molecule has 7 heteroatoms. The van der Waals surface area contributed by atoms with Crippen LogP contribution in [0.5, 0.6) is 0 Å². The highest BCUT2D eigenvalue weighted by Gasteiger charge is 2.42. The van der Waals surface area contributed by atoms with E-state index in [0.29, 0.717) is 6.54 Å². The highest BCUT2D eigenvalue weighted by Crippen LogP contribution is 2.24. The molecule has 0 bridgehead atoms. The Hall–Kier alpha value is -1.34. The smallest absolute Gasteiger partial charge is 0.326 e. The van der Waals surface area contributed by atoms with Crippen LogP contribution in [0.1, 0.15) is 19.3 Å². The van der Waals surface area contributed by atoms with Crippen molar-refractivity contribution >= 4 is 12.0 Å². The molecular weight excluding hydrogens is 240 g/mol. The molecule has 0 aliphatic carbocycles. The first-order valence-electron chi connectivity index (χ1n) is 6.13. The van der Waals surface area contributed by atoms with Gasteiger partial charge in [0, 0.05) is 19.5 Å². The van der Waals surface area contributed by atoms with Gasteiger partial charge in [0.2, 0.25) is 0 Å². The molecule has 2 rings (SSSR count). The van der Waals surface area contributed by atoms with E-state index in [1.165, 1.54) is 9.80 Å². The number of aliphatic hydroxyl groups excluding tert-OH is 2. The molecule has 2 saturated heterocycles. The van der Waals surface area contributed by atoms with Crippen LogP contribution in [0.15, 0.2) is 0 Å². The van der Waals surface area contributed by atoms with Crippen LogP contribution in [-0.2, 0) is 4.79 Å². The summed E-state index contributed by atoms with van der Waals surface area (Å²) in [5, 5.41) is 27.7. The third kappa shape index (κ3) is 2.28. The molecule has 2 aliphatic heterocycles. The highest BCUT2D eigenvalue weighted by atomic mass is 16.4. The minimum atomic E-state index is -1.10. The quantitative estimate of drug-likeness (QED) is 0.595. The maximum Gasteiger partial charge on any atom is 0.326 e. The molecule has 0 aromatic heterocycles. The van der Waals surface area contributed by atoms with E-state index in [0.717, 1.165) is 12.8 Å². The van der Waals surface area contributed by atoms with Crippen molar-refractivity contribution in [3.63, 3.8) is 0 Å². The number of β-amino-alcohol motifs (C(OH)–C–C–N with tert-alkyl or cyclic N) is 1. The Balaban J connectivity index is 2.10. The second-order valence-corrected chi connectivity index (χ2v) is 4.85. The maximum atomic E-state index is 12.2. The normalized spacial score (nSPS) is 32.0. The number of carboxylic acid groups (broad SMARTS) is 1. The topological polar surface area (TPSA) is 101 Å². The summed E-state index contributed by atoms with van der Waals surface area (Å²) in [7, 11) is 0. The number of urea groups is 1. The number of aliphatic carboxylic acids is 1. The van der Waals surface area contributed by atoms with Gasteiger partial charge in [0.15, 0.2) is 0 Å². The molecule has 102 valence electrons. The van der Waals surface area contributed by atoms with Gasteiger partial charge in [-0.3, -0.25) is 0 Å². The molecule has 0 spiro atoms. The van der Waals surface area contributed by atoms with Crippen molar-refractivity contribution < 1.29 is 24.9 Å². The van der Waals surface area contributed by atoms with Crippen LogP contribution in [0.4, 0.5) is 4.79 Å². The number of hydrogen-bond donors (Lipinski definition) is 3. The number of carboxylic acids is 1. The summed E-state index contributed by atoms with van der Waals surface area (Å²) in [6, 6.07) is -1.59. The Bertz CT molecular complexity index is 348. The van der Waals surface area contributed by atoms with Crippen molar-refractivity contribution in [2.45, 2.75) is 37.5 Å². The van der Waals surface area contributed by atoms with Crippen molar-refractivity contribution in [2.24, 2.45) is 0 Å². The average Bonchev–Trinajstić information content (AvgIpc) is 2.93. The van der Waals surface area contributed by atoms with Crippen molar-refractivity contribution in [3.8, 4) is 0 Å². The highest BCUT2D eigenvalue weighted by molar-refractivity contribution is 5.83. The monoisotopic (exact) mass is 258 g/mol. The van der Waals surface area contributed by atoms with Crippen LogP contribution in [-0.4, -0.2) is 75.0 Å². The maximum absolute atomic E-state index is 12.2. The largest absolute Gasteiger partial charge is 0.480 e. The molecule has 3 N–H and O–H groups in total. The standard InChI is InChI=1S/C11H18N2O5/c14-6-7-2-1-3-12(7)11(18)13-5-8(15)4-9(13)10(16)17/h7-9,14-15H,1-6H2,(H,16,17)/t7?,8-,9-/m0/s1. The number of carbonyl (C=O) groups excluding carboxylic acids is 1. The lowest BCUT2D eigenvalue weighted by Gasteiger charge is -2.30. The van der Waals surface area contributed by atoms with E-state index in [1.807, 2.05) is 0 Å². The molecule has 0 saturated carbocycles. The van der Waals surface area contributed by atoms with E-state index >= 15 is 0 Å². The van der Waals surface area contributed by atoms with Gasteiger partial charge < -0.3 is 25.1 Å². The SMILES string of the molecule is O=C(O)[C@@H]1C[C@H](O)CN1C(=O)N1CCCC1CO. The van der Waals surface area contributed by atoms with Crippen LogP contribution in [0.3, 0.4) is 0 Å². The summed E-state index contributed by atoms with van der Waals surface area (Å²) >= 11 is 0. The summed E-state index contributed by atoms with van der Waals surface area (Å²) in [4.78, 5) is 26.0. The number of carbonyl (C=O) groups is 2. The number of aliphatic hydroxyl groups is 2. The summed E-state index contributed by atoms with van der Waals surface area (Å²) < 4.78 is 0. The molecule has 1 unspecified atom stereocenters. The van der Waals surface area contributed by atoms with E-state index in [9.17, 15) is 19.8 Å². The second-order valence-electron chi connectivity index (χ2n) is 4.85. The molecule has 18 heavy (non-hydrogen) atoms. The predicted octanol–water partition coefficient (Wildman–Crippen LogP) is -0.917. The molecule has 0 aromatic rings. The number of rotatable bonds is 2. The van der Waals surface area contributed by atoms with Gasteiger partial charge >= 0.3 is 12.0 Å². The minimum Gasteiger partial charge on any atom is -0.480 e. The lowest BCUT2D eigenvalue weighted by molar-refractivity contribution is -0.141. The zero-order chi connectivity index (χ0) is 13.3. The van der Waals surface area contributed by atoms with Gasteiger partial charge in [0.05, 0.1) is 18.8 Å². The van der Waals surface area contributed by atoms with Crippen molar-refractivity contribution in [2.75, 3.05) is 19.7 Å². The summed E-state index contributed by atoms with van der Waals surface area (Å²) in [6.45, 7) is 0.466. The Kier molecular flexibility index (Phi) is 3.72. The first kappa shape index (κ1) is 13.1. The summed E-state index contributed by atoms with van der Waals surface area (Å²) in [6.07, 6.45) is 0.824. The summed E-state index contributed by atoms with van der Waals surface area (Å²) in [5.41, 5.74) is 0. The predicted molar refractivity (Wildman–Crippen MR) is 61.0 cm³/mol. The van der Waals surface area contributed by atoms with Crippen LogP contribution in [0.25, 0.3) is 0 Å². The molecule has 0 aromatic carbocycles. The fraction of sp³-hybridized carbons (Fsp3) is 0.818. The number of amides is 2. The lowest BCUT2D eigenvalue weighted by Crippen LogP contribution is -2.50. The molecule has 0 radical (unpaired) electrons. The van der Waals surface area contributed by atoms with Gasteiger partial charge in [0.25, 0.3) is 0 Å². The first-order chi connectivity index (χ1) is 8.54. The zero-order valence-electron chi connectivity index (χ0n) is 10.0. The average molecular weight is 258 g/mol. The van der Waals surface area contributed by atoms with E-state index in [4.69, 9.17) is 5.11 Å². The van der Waals surface area contributed by atoms with Crippen LogP contribution >= 0.6 is 0 Å².